The number of hydrogen-bond acceptors (Lipinski definition) is 8. The van der Waals surface area contributed by atoms with Gasteiger partial charge in [0.1, 0.15) is 29.2 Å². The van der Waals surface area contributed by atoms with Crippen molar-refractivity contribution in [1.82, 2.24) is 19.7 Å². The molecule has 4 heterocycles. The highest BCUT2D eigenvalue weighted by molar-refractivity contribution is 5.66. The number of alkyl halides is 3. The first kappa shape index (κ1) is 20.0. The van der Waals surface area contributed by atoms with Gasteiger partial charge >= 0.3 is 6.18 Å². The molecule has 0 amide bonds. The maximum atomic E-state index is 13.5. The van der Waals surface area contributed by atoms with E-state index in [2.05, 4.69) is 20.6 Å². The van der Waals surface area contributed by atoms with Crippen LogP contribution in [0.3, 0.4) is 0 Å². The van der Waals surface area contributed by atoms with E-state index >= 15 is 0 Å². The molecule has 9 nitrogen and oxygen atoms in total. The molecule has 0 unspecified atom stereocenters. The highest BCUT2D eigenvalue weighted by Gasteiger charge is 2.41. The number of nitrogens with one attached hydrogen (secondary N) is 2. The van der Waals surface area contributed by atoms with Crippen LogP contribution in [-0.4, -0.2) is 56.8 Å². The van der Waals surface area contributed by atoms with Gasteiger partial charge in [0.15, 0.2) is 0 Å². The molecule has 2 saturated carbocycles. The molecule has 4 aliphatic rings. The summed E-state index contributed by atoms with van der Waals surface area (Å²) in [5.74, 6) is 0.493. The molecular weight excluding hydrogens is 429 g/mol. The second-order valence-electron chi connectivity index (χ2n) is 8.93. The van der Waals surface area contributed by atoms with Crippen LogP contribution >= 0.6 is 0 Å². The monoisotopic (exact) mass is 452 g/mol. The molecule has 172 valence electrons. The van der Waals surface area contributed by atoms with Gasteiger partial charge in [-0.25, -0.2) is 9.67 Å². The van der Waals surface area contributed by atoms with Crippen LogP contribution in [0.4, 0.5) is 30.6 Å². The van der Waals surface area contributed by atoms with E-state index in [1.165, 1.54) is 0 Å². The number of hydrogen-bond donors (Lipinski definition) is 3. The van der Waals surface area contributed by atoms with Gasteiger partial charge in [-0.15, -0.1) is 0 Å². The Bertz CT molecular complexity index is 1040. The van der Waals surface area contributed by atoms with Crippen LogP contribution in [0, 0.1) is 5.92 Å². The molecule has 0 aromatic carbocycles. The lowest BCUT2D eigenvalue weighted by molar-refractivity contribution is -0.137. The zero-order valence-electron chi connectivity index (χ0n) is 17.1. The third kappa shape index (κ3) is 3.36. The van der Waals surface area contributed by atoms with E-state index in [0.717, 1.165) is 37.6 Å². The fourth-order valence-electron chi connectivity index (χ4n) is 4.52. The normalized spacial score (nSPS) is 29.5. The Hall–Kier alpha value is -2.60. The number of fused-ring (bicyclic) bond motifs is 4. The van der Waals surface area contributed by atoms with E-state index in [-0.39, 0.29) is 36.3 Å². The number of aliphatic hydroxyl groups excluding tert-OH is 1. The van der Waals surface area contributed by atoms with Crippen molar-refractivity contribution < 1.29 is 27.8 Å². The molecule has 32 heavy (non-hydrogen) atoms. The van der Waals surface area contributed by atoms with Gasteiger partial charge in [-0.3, -0.25) is 0 Å². The van der Waals surface area contributed by atoms with Crippen molar-refractivity contribution in [3.05, 3.63) is 17.5 Å². The molecule has 3 N–H and O–H groups in total. The van der Waals surface area contributed by atoms with E-state index in [1.807, 2.05) is 0 Å². The number of aromatic nitrogens is 4. The summed E-state index contributed by atoms with van der Waals surface area (Å²) in [6, 6.07) is -0.581. The first-order chi connectivity index (χ1) is 15.4. The third-order valence-corrected chi connectivity index (χ3v) is 6.70. The van der Waals surface area contributed by atoms with Gasteiger partial charge < -0.3 is 25.2 Å². The maximum Gasteiger partial charge on any atom is 0.421 e. The van der Waals surface area contributed by atoms with Crippen molar-refractivity contribution in [2.45, 2.75) is 56.0 Å². The summed E-state index contributed by atoms with van der Waals surface area (Å²) >= 11 is 0. The number of anilines is 3. The van der Waals surface area contributed by atoms with Crippen LogP contribution in [-0.2, 0) is 10.9 Å². The molecule has 4 atom stereocenters. The van der Waals surface area contributed by atoms with Crippen molar-refractivity contribution >= 4 is 17.5 Å². The number of rotatable bonds is 2. The predicted molar refractivity (Wildman–Crippen MR) is 106 cm³/mol. The van der Waals surface area contributed by atoms with Crippen molar-refractivity contribution in [2.75, 3.05) is 30.5 Å². The minimum atomic E-state index is -4.56. The standard InChI is InChI=1S/C20H23F3N6O3/c21-20(22,23)11-5-24-19-26-16-15(9-1-2-9)28-29(13-7-31-8-14(13)30)18(16)32-6-10-3-4-12(10)25-17(11)27-19/h5,9-10,12-14,30H,1-4,6-8H2,(H2,24,25,26,27)/t10-,12+,13+,14+/m1/s1. The number of nitrogens with zero attached hydrogens (tertiary/aromatic N) is 4. The molecule has 2 aliphatic heterocycles. The number of halogens is 3. The van der Waals surface area contributed by atoms with Crippen molar-refractivity contribution in [1.29, 1.82) is 0 Å². The number of ether oxygens (including phenoxy) is 2. The highest BCUT2D eigenvalue weighted by Crippen LogP contribution is 2.48. The topological polar surface area (TPSA) is 106 Å². The van der Waals surface area contributed by atoms with E-state index in [9.17, 15) is 18.3 Å². The zero-order chi connectivity index (χ0) is 22.0. The van der Waals surface area contributed by atoms with Gasteiger partial charge in [0, 0.05) is 24.1 Å². The van der Waals surface area contributed by atoms with Crippen molar-refractivity contribution in [2.24, 2.45) is 5.92 Å². The number of aliphatic hydroxyl groups is 1. The lowest BCUT2D eigenvalue weighted by Gasteiger charge is -2.37. The van der Waals surface area contributed by atoms with Crippen LogP contribution < -0.4 is 15.4 Å². The van der Waals surface area contributed by atoms with E-state index in [0.29, 0.717) is 24.8 Å². The van der Waals surface area contributed by atoms with Gasteiger partial charge in [-0.1, -0.05) is 0 Å². The van der Waals surface area contributed by atoms with E-state index < -0.39 is 23.9 Å². The summed E-state index contributed by atoms with van der Waals surface area (Å²) in [5, 5.41) is 21.2. The molecule has 0 radical (unpaired) electrons. The molecule has 0 spiro atoms. The summed E-state index contributed by atoms with van der Waals surface area (Å²) in [7, 11) is 0. The maximum absolute atomic E-state index is 13.5. The molecule has 2 bridgehead atoms. The van der Waals surface area contributed by atoms with Crippen molar-refractivity contribution in [3.63, 3.8) is 0 Å². The summed E-state index contributed by atoms with van der Waals surface area (Å²) in [6.45, 7) is 0.833. The fourth-order valence-corrected chi connectivity index (χ4v) is 4.52. The summed E-state index contributed by atoms with van der Waals surface area (Å²) in [4.78, 5) is 8.12. The largest absolute Gasteiger partial charge is 0.476 e. The molecule has 2 aromatic heterocycles. The Kier molecular flexibility index (Phi) is 4.51. The molecule has 2 aromatic rings. The van der Waals surface area contributed by atoms with Crippen LogP contribution in [0.15, 0.2) is 6.20 Å². The smallest absolute Gasteiger partial charge is 0.421 e. The van der Waals surface area contributed by atoms with Gasteiger partial charge in [0.25, 0.3) is 0 Å². The Balaban J connectivity index is 1.46. The first-order valence-corrected chi connectivity index (χ1v) is 10.9. The minimum absolute atomic E-state index is 0.0259. The Morgan fingerprint density at radius 2 is 1.97 bits per heavy atom. The Labute approximate surface area is 181 Å². The van der Waals surface area contributed by atoms with Gasteiger partial charge in [0.2, 0.25) is 11.8 Å². The van der Waals surface area contributed by atoms with Crippen LogP contribution in [0.25, 0.3) is 0 Å². The molecule has 1 saturated heterocycles. The molecule has 12 heteroatoms. The van der Waals surface area contributed by atoms with Crippen LogP contribution in [0.2, 0.25) is 0 Å². The quantitative estimate of drug-likeness (QED) is 0.639. The van der Waals surface area contributed by atoms with E-state index in [4.69, 9.17) is 14.6 Å². The fraction of sp³-hybridized carbons (Fsp3) is 0.650. The van der Waals surface area contributed by atoms with E-state index in [1.54, 1.807) is 4.68 Å². The second-order valence-corrected chi connectivity index (χ2v) is 8.93. The summed E-state index contributed by atoms with van der Waals surface area (Å²) in [6.07, 6.45) is -1.00. The molecular formula is C20H23F3N6O3. The van der Waals surface area contributed by atoms with Gasteiger partial charge in [-0.05, 0) is 25.7 Å². The van der Waals surface area contributed by atoms with Crippen LogP contribution in [0.5, 0.6) is 5.88 Å². The zero-order valence-corrected chi connectivity index (χ0v) is 17.1. The van der Waals surface area contributed by atoms with Crippen molar-refractivity contribution in [3.8, 4) is 5.88 Å². The molecule has 6 rings (SSSR count). The Morgan fingerprint density at radius 3 is 2.62 bits per heavy atom. The summed E-state index contributed by atoms with van der Waals surface area (Å²) < 4.78 is 54.0. The third-order valence-electron chi connectivity index (χ3n) is 6.70. The lowest BCUT2D eigenvalue weighted by Crippen LogP contribution is -2.42. The second kappa shape index (κ2) is 7.20. The Morgan fingerprint density at radius 1 is 1.12 bits per heavy atom. The summed E-state index contributed by atoms with van der Waals surface area (Å²) in [5.41, 5.74) is 0.412. The molecule has 2 aliphatic carbocycles. The van der Waals surface area contributed by atoms with Crippen LogP contribution in [0.1, 0.15) is 48.9 Å². The first-order valence-electron chi connectivity index (χ1n) is 10.9. The molecule has 3 fully saturated rings. The average molecular weight is 452 g/mol. The van der Waals surface area contributed by atoms with Gasteiger partial charge in [-0.2, -0.15) is 23.3 Å². The highest BCUT2D eigenvalue weighted by atomic mass is 19.4. The predicted octanol–water partition coefficient (Wildman–Crippen LogP) is 2.83. The minimum Gasteiger partial charge on any atom is -0.476 e. The lowest BCUT2D eigenvalue weighted by atomic mass is 9.80. The average Bonchev–Trinajstić information content (AvgIpc) is 3.40. The van der Waals surface area contributed by atoms with Gasteiger partial charge in [0.05, 0.1) is 25.5 Å². The SMILES string of the molecule is O[C@H]1COC[C@@H]1n1nc(C2CC2)c2c1OC[C@H]1CC[C@@H]1Nc1nc(ncc1C(F)(F)F)N2.